The van der Waals surface area contributed by atoms with Crippen molar-refractivity contribution in [2.45, 2.75) is 6.54 Å². The Kier molecular flexibility index (Phi) is 6.34. The first-order chi connectivity index (χ1) is 14.4. The Morgan fingerprint density at radius 2 is 1.57 bits per heavy atom. The first-order valence-electron chi connectivity index (χ1n) is 9.39. The predicted octanol–water partition coefficient (Wildman–Crippen LogP) is 3.42. The molecule has 3 aromatic rings. The van der Waals surface area contributed by atoms with Crippen LogP contribution in [0.5, 0.6) is 5.75 Å². The molecule has 0 spiro atoms. The number of benzene rings is 3. The summed E-state index contributed by atoms with van der Waals surface area (Å²) in [6.07, 6.45) is 0. The number of phenols is 1. The minimum absolute atomic E-state index is 0.00247. The van der Waals surface area contributed by atoms with Gasteiger partial charge in [0.25, 0.3) is 11.8 Å². The Morgan fingerprint density at radius 1 is 0.900 bits per heavy atom. The van der Waals surface area contributed by atoms with Gasteiger partial charge in [-0.25, -0.2) is 0 Å². The number of nitrogens with two attached hydrogens (primary N) is 1. The molecule has 0 aromatic heterocycles. The van der Waals surface area contributed by atoms with Crippen molar-refractivity contribution < 1.29 is 14.7 Å². The van der Waals surface area contributed by atoms with Gasteiger partial charge in [-0.2, -0.15) is 0 Å². The summed E-state index contributed by atoms with van der Waals surface area (Å²) in [6, 6.07) is 18.5. The van der Waals surface area contributed by atoms with Crippen molar-refractivity contribution in [1.29, 1.82) is 0 Å². The summed E-state index contributed by atoms with van der Waals surface area (Å²) in [5.74, 6) is -0.644. The molecule has 0 aliphatic rings. The fourth-order valence-electron chi connectivity index (χ4n) is 2.92. The van der Waals surface area contributed by atoms with Gasteiger partial charge in [0.2, 0.25) is 0 Å². The van der Waals surface area contributed by atoms with Gasteiger partial charge in [0, 0.05) is 48.8 Å². The average Bonchev–Trinajstić information content (AvgIpc) is 2.74. The summed E-state index contributed by atoms with van der Waals surface area (Å²) in [7, 11) is 3.81. The zero-order valence-electron chi connectivity index (χ0n) is 16.8. The maximum atomic E-state index is 12.7. The summed E-state index contributed by atoms with van der Waals surface area (Å²) in [5.41, 5.74) is 9.28. The molecule has 0 bridgehead atoms. The van der Waals surface area contributed by atoms with Crippen molar-refractivity contribution in [2.75, 3.05) is 29.6 Å². The van der Waals surface area contributed by atoms with E-state index in [9.17, 15) is 14.7 Å². The molecule has 0 heterocycles. The van der Waals surface area contributed by atoms with Crippen LogP contribution in [0.1, 0.15) is 26.3 Å². The number of rotatable bonds is 6. The Balaban J connectivity index is 1.81. The number of hydrogen-bond donors (Lipinski definition) is 4. The smallest absolute Gasteiger partial charge is 0.255 e. The number of nitrogens with one attached hydrogen (secondary N) is 2. The van der Waals surface area contributed by atoms with Gasteiger partial charge < -0.3 is 26.4 Å². The highest BCUT2D eigenvalue weighted by Gasteiger charge is 2.12. The number of hydrogen-bond acceptors (Lipinski definition) is 5. The standard InChI is InChI=1S/C23H24N4O3/c1-27(2)19-7-3-5-15(11-19)22(29)25-18-10-9-17(14-24)21(13-18)26-23(30)16-6-4-8-20(28)12-16/h3-13,28H,14,24H2,1-2H3,(H,25,29)(H,26,30). The maximum Gasteiger partial charge on any atom is 0.255 e. The first kappa shape index (κ1) is 20.9. The molecule has 0 saturated heterocycles. The fraction of sp³-hybridized carbons (Fsp3) is 0.130. The highest BCUT2D eigenvalue weighted by atomic mass is 16.3. The number of carbonyl (C=O) groups is 2. The van der Waals surface area contributed by atoms with E-state index in [0.29, 0.717) is 22.5 Å². The van der Waals surface area contributed by atoms with Crippen LogP contribution in [0.15, 0.2) is 66.7 Å². The van der Waals surface area contributed by atoms with Crippen LogP contribution in [0, 0.1) is 0 Å². The van der Waals surface area contributed by atoms with Gasteiger partial charge in [-0.3, -0.25) is 9.59 Å². The van der Waals surface area contributed by atoms with Crippen LogP contribution in [0.2, 0.25) is 0 Å². The normalized spacial score (nSPS) is 10.4. The summed E-state index contributed by atoms with van der Waals surface area (Å²) in [6.45, 7) is 0.217. The quantitative estimate of drug-likeness (QED) is 0.504. The lowest BCUT2D eigenvalue weighted by Crippen LogP contribution is -2.16. The molecular formula is C23H24N4O3. The molecule has 0 atom stereocenters. The van der Waals surface area contributed by atoms with Gasteiger partial charge >= 0.3 is 0 Å². The highest BCUT2D eigenvalue weighted by molar-refractivity contribution is 6.07. The minimum Gasteiger partial charge on any atom is -0.508 e. The van der Waals surface area contributed by atoms with Crippen LogP contribution < -0.4 is 21.3 Å². The molecule has 5 N–H and O–H groups in total. The van der Waals surface area contributed by atoms with Gasteiger partial charge in [-0.15, -0.1) is 0 Å². The van der Waals surface area contributed by atoms with E-state index in [2.05, 4.69) is 10.6 Å². The number of nitrogens with zero attached hydrogens (tertiary/aromatic N) is 1. The fourth-order valence-corrected chi connectivity index (χ4v) is 2.92. The Hall–Kier alpha value is -3.84. The largest absolute Gasteiger partial charge is 0.508 e. The molecule has 30 heavy (non-hydrogen) atoms. The molecule has 0 aliphatic carbocycles. The second-order valence-electron chi connectivity index (χ2n) is 6.98. The van der Waals surface area contributed by atoms with E-state index >= 15 is 0 Å². The molecule has 7 heteroatoms. The maximum absolute atomic E-state index is 12.7. The van der Waals surface area contributed by atoms with Crippen molar-refractivity contribution in [3.05, 3.63) is 83.4 Å². The van der Waals surface area contributed by atoms with E-state index in [1.165, 1.54) is 12.1 Å². The summed E-state index contributed by atoms with van der Waals surface area (Å²) in [4.78, 5) is 27.1. The van der Waals surface area contributed by atoms with Gasteiger partial charge in [-0.1, -0.05) is 18.2 Å². The summed E-state index contributed by atoms with van der Waals surface area (Å²) < 4.78 is 0. The Bertz CT molecular complexity index is 1080. The molecule has 0 saturated carbocycles. The number of amides is 2. The van der Waals surface area contributed by atoms with Gasteiger partial charge in [0.05, 0.1) is 0 Å². The number of anilines is 3. The molecule has 0 fully saturated rings. The van der Waals surface area contributed by atoms with Crippen molar-refractivity contribution in [3.63, 3.8) is 0 Å². The van der Waals surface area contributed by atoms with Gasteiger partial charge in [0.15, 0.2) is 0 Å². The topological polar surface area (TPSA) is 108 Å². The van der Waals surface area contributed by atoms with E-state index < -0.39 is 0 Å². The highest BCUT2D eigenvalue weighted by Crippen LogP contribution is 2.23. The van der Waals surface area contributed by atoms with E-state index in [-0.39, 0.29) is 24.1 Å². The Morgan fingerprint density at radius 3 is 2.23 bits per heavy atom. The molecular weight excluding hydrogens is 380 g/mol. The lowest BCUT2D eigenvalue weighted by molar-refractivity contribution is 0.101. The zero-order chi connectivity index (χ0) is 21.7. The molecule has 7 nitrogen and oxygen atoms in total. The Labute approximate surface area is 175 Å². The van der Waals surface area contributed by atoms with Crippen molar-refractivity contribution in [2.24, 2.45) is 5.73 Å². The zero-order valence-corrected chi connectivity index (χ0v) is 16.8. The number of aromatic hydroxyl groups is 1. The second kappa shape index (κ2) is 9.11. The summed E-state index contributed by atoms with van der Waals surface area (Å²) >= 11 is 0. The van der Waals surface area contributed by atoms with Crippen LogP contribution in [-0.4, -0.2) is 31.0 Å². The van der Waals surface area contributed by atoms with Crippen LogP contribution in [-0.2, 0) is 6.54 Å². The summed E-state index contributed by atoms with van der Waals surface area (Å²) in [5, 5.41) is 15.2. The molecule has 0 aliphatic heterocycles. The third-order valence-corrected chi connectivity index (χ3v) is 4.57. The van der Waals surface area contributed by atoms with E-state index in [0.717, 1.165) is 11.3 Å². The molecule has 3 aromatic carbocycles. The van der Waals surface area contributed by atoms with E-state index in [1.807, 2.05) is 31.1 Å². The van der Waals surface area contributed by atoms with Crippen LogP contribution in [0.4, 0.5) is 17.1 Å². The minimum atomic E-state index is -0.386. The number of carbonyl (C=O) groups excluding carboxylic acids is 2. The van der Waals surface area contributed by atoms with Crippen molar-refractivity contribution in [1.82, 2.24) is 0 Å². The SMILES string of the molecule is CN(C)c1cccc(C(=O)Nc2ccc(CN)c(NC(=O)c3cccc(O)c3)c2)c1. The lowest BCUT2D eigenvalue weighted by Gasteiger charge is -2.15. The monoisotopic (exact) mass is 404 g/mol. The first-order valence-corrected chi connectivity index (χ1v) is 9.39. The third kappa shape index (κ3) is 4.95. The molecule has 3 rings (SSSR count). The molecule has 154 valence electrons. The average molecular weight is 404 g/mol. The molecule has 2 amide bonds. The molecule has 0 radical (unpaired) electrons. The van der Waals surface area contributed by atoms with Gasteiger partial charge in [-0.05, 0) is 54.1 Å². The van der Waals surface area contributed by atoms with Crippen LogP contribution >= 0.6 is 0 Å². The van der Waals surface area contributed by atoms with Gasteiger partial charge in [0.1, 0.15) is 5.75 Å². The van der Waals surface area contributed by atoms with E-state index in [4.69, 9.17) is 5.73 Å². The van der Waals surface area contributed by atoms with Crippen molar-refractivity contribution >= 4 is 28.9 Å². The van der Waals surface area contributed by atoms with Crippen molar-refractivity contribution in [3.8, 4) is 5.75 Å². The van der Waals surface area contributed by atoms with E-state index in [1.54, 1.807) is 42.5 Å². The number of phenolic OH excluding ortho intramolecular Hbond substituents is 1. The van der Waals surface area contributed by atoms with Crippen LogP contribution in [0.3, 0.4) is 0 Å². The third-order valence-electron chi connectivity index (χ3n) is 4.57. The lowest BCUT2D eigenvalue weighted by atomic mass is 10.1. The molecule has 0 unspecified atom stereocenters. The second-order valence-corrected chi connectivity index (χ2v) is 6.98. The predicted molar refractivity (Wildman–Crippen MR) is 119 cm³/mol. The van der Waals surface area contributed by atoms with Crippen LogP contribution in [0.25, 0.3) is 0 Å².